The van der Waals surface area contributed by atoms with Gasteiger partial charge in [0.15, 0.2) is 0 Å². The number of fused-ring (bicyclic) bond motifs is 3. The van der Waals surface area contributed by atoms with Crippen molar-refractivity contribution in [3.63, 3.8) is 0 Å². The van der Waals surface area contributed by atoms with Gasteiger partial charge in [0.1, 0.15) is 0 Å². The van der Waals surface area contributed by atoms with Gasteiger partial charge in [0.2, 0.25) is 5.91 Å². The van der Waals surface area contributed by atoms with Crippen molar-refractivity contribution in [1.29, 1.82) is 0 Å². The van der Waals surface area contributed by atoms with Gasteiger partial charge in [0.25, 0.3) is 0 Å². The molecule has 0 saturated carbocycles. The Morgan fingerprint density at radius 2 is 2.00 bits per heavy atom. The first kappa shape index (κ1) is 13.0. The van der Waals surface area contributed by atoms with Crippen LogP contribution in [0.15, 0.2) is 29.8 Å². The normalized spacial score (nSPS) is 19.4. The fourth-order valence-electron chi connectivity index (χ4n) is 2.87. The van der Waals surface area contributed by atoms with Crippen molar-refractivity contribution in [2.24, 2.45) is 0 Å². The number of benzene rings is 1. The second-order valence-corrected chi connectivity index (χ2v) is 5.43. The summed E-state index contributed by atoms with van der Waals surface area (Å²) in [6.07, 6.45) is 1.05. The molecule has 0 spiro atoms. The Labute approximate surface area is 119 Å². The van der Waals surface area contributed by atoms with E-state index in [2.05, 4.69) is 41.1 Å². The van der Waals surface area contributed by atoms with Crippen LogP contribution in [0.4, 0.5) is 0 Å². The number of aryl methyl sites for hydroxylation is 1. The summed E-state index contributed by atoms with van der Waals surface area (Å²) >= 11 is 0. The summed E-state index contributed by atoms with van der Waals surface area (Å²) in [4.78, 5) is 11.9. The van der Waals surface area contributed by atoms with Gasteiger partial charge in [0.05, 0.1) is 0 Å². The number of carbonyl (C=O) groups excluding carboxylic acids is 1. The third-order valence-electron chi connectivity index (χ3n) is 4.28. The highest BCUT2D eigenvalue weighted by atomic mass is 16.1. The Morgan fingerprint density at radius 3 is 2.75 bits per heavy atom. The van der Waals surface area contributed by atoms with Gasteiger partial charge in [-0.1, -0.05) is 13.0 Å². The minimum absolute atomic E-state index is 0.0493. The fraction of sp³-hybridized carbons (Fsp3) is 0.353. The highest BCUT2D eigenvalue weighted by Gasteiger charge is 2.17. The lowest BCUT2D eigenvalue weighted by atomic mass is 10.1. The molecule has 1 aliphatic heterocycles. The minimum atomic E-state index is 0.0493. The summed E-state index contributed by atoms with van der Waals surface area (Å²) in [5.41, 5.74) is 5.64. The molecule has 0 bridgehead atoms. The molecule has 0 unspecified atom stereocenters. The molecule has 104 valence electrons. The van der Waals surface area contributed by atoms with E-state index in [0.29, 0.717) is 6.54 Å². The molecule has 1 aromatic heterocycles. The van der Waals surface area contributed by atoms with Crippen molar-refractivity contribution in [3.05, 3.63) is 41.1 Å². The Kier molecular flexibility index (Phi) is 3.13. The van der Waals surface area contributed by atoms with Gasteiger partial charge >= 0.3 is 0 Å². The maximum atomic E-state index is 11.9. The zero-order valence-corrected chi connectivity index (χ0v) is 12.3. The average Bonchev–Trinajstić information content (AvgIpc) is 2.82. The van der Waals surface area contributed by atoms with E-state index in [1.807, 2.05) is 13.8 Å². The molecule has 3 heteroatoms. The molecule has 3 nitrogen and oxygen atoms in total. The maximum Gasteiger partial charge on any atom is 0.247 e. The number of allylic oxidation sites excluding steroid dienone is 1. The Bertz CT molecular complexity index is 722. The molecule has 0 fully saturated rings. The van der Waals surface area contributed by atoms with Crippen molar-refractivity contribution in [1.82, 2.24) is 9.88 Å². The van der Waals surface area contributed by atoms with E-state index in [-0.39, 0.29) is 5.91 Å². The molecule has 3 rings (SSSR count). The number of rotatable bonds is 1. The van der Waals surface area contributed by atoms with Gasteiger partial charge in [-0.3, -0.25) is 4.79 Å². The molecule has 0 radical (unpaired) electrons. The molecule has 0 saturated heterocycles. The summed E-state index contributed by atoms with van der Waals surface area (Å²) in [5.74, 6) is 0.0493. The minimum Gasteiger partial charge on any atom is -0.351 e. The van der Waals surface area contributed by atoms with Crippen LogP contribution in [0.25, 0.3) is 16.5 Å². The highest BCUT2D eigenvalue weighted by Crippen LogP contribution is 2.28. The number of aromatic nitrogens is 1. The second-order valence-electron chi connectivity index (χ2n) is 5.43. The fourth-order valence-corrected chi connectivity index (χ4v) is 2.87. The quantitative estimate of drug-likeness (QED) is 0.847. The molecule has 2 heterocycles. The highest BCUT2D eigenvalue weighted by molar-refractivity contribution is 6.01. The number of hydrogen-bond acceptors (Lipinski definition) is 1. The Morgan fingerprint density at radius 1 is 1.20 bits per heavy atom. The first-order valence-corrected chi connectivity index (χ1v) is 7.20. The standard InChI is InChI=1S/C17H20N2O/c1-4-13-5-6-15-14(9-13)10-16-11(2)12(3)17(20)18-7-8-19(15)16/h5-6,9-10H,4,7-8H2,1-3H3,(H,18,20)/b12-11-. The first-order valence-electron chi connectivity index (χ1n) is 7.20. The summed E-state index contributed by atoms with van der Waals surface area (Å²) in [7, 11) is 0. The SMILES string of the molecule is CCc1ccc2c(c1)cc1n2CCNC(=O)/C(C)=C\1C. The maximum absolute atomic E-state index is 11.9. The Hall–Kier alpha value is -2.03. The van der Waals surface area contributed by atoms with E-state index < -0.39 is 0 Å². The van der Waals surface area contributed by atoms with E-state index in [1.54, 1.807) is 0 Å². The van der Waals surface area contributed by atoms with E-state index in [0.717, 1.165) is 24.1 Å². The second kappa shape index (κ2) is 4.82. The van der Waals surface area contributed by atoms with Crippen LogP contribution >= 0.6 is 0 Å². The molecule has 1 aromatic carbocycles. The monoisotopic (exact) mass is 268 g/mol. The van der Waals surface area contributed by atoms with Crippen LogP contribution in [0.1, 0.15) is 32.0 Å². The van der Waals surface area contributed by atoms with Crippen LogP contribution in [0, 0.1) is 0 Å². The molecular weight excluding hydrogens is 248 g/mol. The van der Waals surface area contributed by atoms with Crippen molar-refractivity contribution in [3.8, 4) is 0 Å². The van der Waals surface area contributed by atoms with Gasteiger partial charge in [-0.15, -0.1) is 0 Å². The molecule has 1 aliphatic rings. The van der Waals surface area contributed by atoms with Gasteiger partial charge in [0, 0.05) is 35.3 Å². The first-order chi connectivity index (χ1) is 9.61. The lowest BCUT2D eigenvalue weighted by molar-refractivity contribution is -0.117. The summed E-state index contributed by atoms with van der Waals surface area (Å²) < 4.78 is 2.31. The zero-order chi connectivity index (χ0) is 14.3. The van der Waals surface area contributed by atoms with E-state index in [4.69, 9.17) is 0 Å². The van der Waals surface area contributed by atoms with Gasteiger partial charge in [-0.2, -0.15) is 0 Å². The zero-order valence-electron chi connectivity index (χ0n) is 12.3. The molecular formula is C17H20N2O. The lowest BCUT2D eigenvalue weighted by Gasteiger charge is -2.17. The van der Waals surface area contributed by atoms with E-state index in [9.17, 15) is 4.79 Å². The lowest BCUT2D eigenvalue weighted by Crippen LogP contribution is -2.30. The largest absolute Gasteiger partial charge is 0.351 e. The molecule has 1 amide bonds. The van der Waals surface area contributed by atoms with Crippen LogP contribution in [0.3, 0.4) is 0 Å². The molecule has 0 atom stereocenters. The Balaban J connectivity index is 2.27. The van der Waals surface area contributed by atoms with Crippen LogP contribution in [-0.4, -0.2) is 17.0 Å². The van der Waals surface area contributed by atoms with Crippen LogP contribution in [-0.2, 0) is 17.8 Å². The van der Waals surface area contributed by atoms with Gasteiger partial charge < -0.3 is 9.88 Å². The number of nitrogens with one attached hydrogen (secondary N) is 1. The third kappa shape index (κ3) is 1.94. The molecule has 2 aromatic rings. The smallest absolute Gasteiger partial charge is 0.247 e. The van der Waals surface area contributed by atoms with Crippen LogP contribution in [0.5, 0.6) is 0 Å². The van der Waals surface area contributed by atoms with Crippen molar-refractivity contribution in [2.75, 3.05) is 6.54 Å². The topological polar surface area (TPSA) is 34.0 Å². The van der Waals surface area contributed by atoms with Gasteiger partial charge in [-0.25, -0.2) is 0 Å². The predicted molar refractivity (Wildman–Crippen MR) is 82.6 cm³/mol. The van der Waals surface area contributed by atoms with Crippen LogP contribution < -0.4 is 5.32 Å². The van der Waals surface area contributed by atoms with E-state index in [1.165, 1.54) is 22.2 Å². The van der Waals surface area contributed by atoms with Crippen molar-refractivity contribution in [2.45, 2.75) is 33.7 Å². The van der Waals surface area contributed by atoms with Crippen molar-refractivity contribution >= 4 is 22.4 Å². The number of hydrogen-bond donors (Lipinski definition) is 1. The molecule has 0 aliphatic carbocycles. The third-order valence-corrected chi connectivity index (χ3v) is 4.28. The predicted octanol–water partition coefficient (Wildman–Crippen LogP) is 3.13. The number of amides is 1. The number of carbonyl (C=O) groups is 1. The molecule has 1 N–H and O–H groups in total. The van der Waals surface area contributed by atoms with Crippen LogP contribution in [0.2, 0.25) is 0 Å². The number of nitrogens with zero attached hydrogens (tertiary/aromatic N) is 1. The van der Waals surface area contributed by atoms with Gasteiger partial charge in [-0.05, 0) is 49.6 Å². The molecule has 20 heavy (non-hydrogen) atoms. The summed E-state index contributed by atoms with van der Waals surface area (Å²) in [6, 6.07) is 8.86. The summed E-state index contributed by atoms with van der Waals surface area (Å²) in [5, 5.41) is 4.23. The van der Waals surface area contributed by atoms with Crippen molar-refractivity contribution < 1.29 is 4.79 Å². The average molecular weight is 268 g/mol. The summed E-state index contributed by atoms with van der Waals surface area (Å²) in [6.45, 7) is 7.60. The van der Waals surface area contributed by atoms with E-state index >= 15 is 0 Å².